The molecule has 1 aromatic heterocycles. The van der Waals surface area contributed by atoms with Crippen molar-refractivity contribution in [3.8, 4) is 28.5 Å². The van der Waals surface area contributed by atoms with E-state index in [0.717, 1.165) is 28.3 Å². The third kappa shape index (κ3) is 4.31. The highest BCUT2D eigenvalue weighted by Crippen LogP contribution is 2.35. The molecule has 0 fully saturated rings. The average Bonchev–Trinajstić information content (AvgIpc) is 3.25. The van der Waals surface area contributed by atoms with E-state index >= 15 is 0 Å². The summed E-state index contributed by atoms with van der Waals surface area (Å²) in [6.07, 6.45) is 1.11. The highest BCUT2D eigenvalue weighted by Gasteiger charge is 2.16. The molecule has 2 aliphatic heterocycles. The number of nitrogens with one attached hydrogen (secondary N) is 2. The highest BCUT2D eigenvalue weighted by molar-refractivity contribution is 7.14. The van der Waals surface area contributed by atoms with E-state index in [-0.39, 0.29) is 18.4 Å². The molecule has 0 radical (unpaired) electrons. The Morgan fingerprint density at radius 1 is 1.13 bits per heavy atom. The van der Waals surface area contributed by atoms with Crippen LogP contribution in [0.4, 0.5) is 10.8 Å². The van der Waals surface area contributed by atoms with Crippen molar-refractivity contribution < 1.29 is 23.8 Å². The molecule has 31 heavy (non-hydrogen) atoms. The van der Waals surface area contributed by atoms with Gasteiger partial charge in [-0.25, -0.2) is 4.98 Å². The summed E-state index contributed by atoms with van der Waals surface area (Å²) in [6.45, 7) is 0.932. The fourth-order valence-corrected chi connectivity index (χ4v) is 4.16. The first-order valence-corrected chi connectivity index (χ1v) is 10.7. The minimum atomic E-state index is -0.297. The maximum Gasteiger partial charge on any atom is 0.264 e. The third-order valence-electron chi connectivity index (χ3n) is 4.93. The van der Waals surface area contributed by atoms with Gasteiger partial charge < -0.3 is 19.5 Å². The van der Waals surface area contributed by atoms with Crippen LogP contribution in [-0.2, 0) is 16.0 Å². The quantitative estimate of drug-likeness (QED) is 0.634. The van der Waals surface area contributed by atoms with Gasteiger partial charge in [-0.15, -0.1) is 11.3 Å². The van der Waals surface area contributed by atoms with Crippen LogP contribution in [0.15, 0.2) is 41.8 Å². The van der Waals surface area contributed by atoms with E-state index in [0.29, 0.717) is 42.7 Å². The normalized spacial score (nSPS) is 14.4. The Bertz CT molecular complexity index is 1160. The zero-order valence-electron chi connectivity index (χ0n) is 16.5. The molecule has 2 aromatic carbocycles. The molecule has 2 N–H and O–H groups in total. The topological polar surface area (TPSA) is 98.8 Å². The maximum absolute atomic E-state index is 12.3. The number of anilines is 2. The molecule has 0 aliphatic carbocycles. The van der Waals surface area contributed by atoms with Gasteiger partial charge in [-0.1, -0.05) is 0 Å². The lowest BCUT2D eigenvalue weighted by molar-refractivity contribution is -0.118. The van der Waals surface area contributed by atoms with Crippen molar-refractivity contribution >= 4 is 34.0 Å². The van der Waals surface area contributed by atoms with E-state index in [1.54, 1.807) is 12.1 Å². The monoisotopic (exact) mass is 437 g/mol. The van der Waals surface area contributed by atoms with Crippen LogP contribution in [0.25, 0.3) is 11.3 Å². The first-order valence-electron chi connectivity index (χ1n) is 9.85. The van der Waals surface area contributed by atoms with E-state index < -0.39 is 0 Å². The average molecular weight is 437 g/mol. The molecular weight excluding hydrogens is 418 g/mol. The number of carbonyl (C=O) groups is 2. The molecule has 3 heterocycles. The van der Waals surface area contributed by atoms with Gasteiger partial charge in [0.25, 0.3) is 5.91 Å². The maximum atomic E-state index is 12.3. The van der Waals surface area contributed by atoms with Gasteiger partial charge in [0.15, 0.2) is 23.2 Å². The molecule has 0 saturated heterocycles. The smallest absolute Gasteiger partial charge is 0.264 e. The summed E-state index contributed by atoms with van der Waals surface area (Å²) in [5, 5.41) is 7.95. The Morgan fingerprint density at radius 3 is 2.90 bits per heavy atom. The zero-order valence-corrected chi connectivity index (χ0v) is 17.3. The molecule has 0 atom stereocenters. The largest absolute Gasteiger partial charge is 0.486 e. The number of aromatic nitrogens is 1. The SMILES string of the molecule is O=C(COc1ccc2c(c1)CCC(=O)N2)Nc1nc(-c2ccc3c(c2)OCCO3)cs1. The summed E-state index contributed by atoms with van der Waals surface area (Å²) in [5.74, 6) is 1.72. The van der Waals surface area contributed by atoms with Crippen LogP contribution in [0.1, 0.15) is 12.0 Å². The van der Waals surface area contributed by atoms with Crippen molar-refractivity contribution in [2.75, 3.05) is 30.5 Å². The number of amides is 2. The molecule has 9 heteroatoms. The van der Waals surface area contributed by atoms with Crippen molar-refractivity contribution in [3.05, 3.63) is 47.3 Å². The second-order valence-corrected chi connectivity index (χ2v) is 7.96. The standard InChI is InChI=1S/C22H19N3O5S/c26-20-6-2-13-9-15(3-4-16(13)23-20)30-11-21(27)25-22-24-17(12-31-22)14-1-5-18-19(10-14)29-8-7-28-18/h1,3-5,9-10,12H,2,6-8,11H2,(H,23,26)(H,24,25,27). The second-order valence-electron chi connectivity index (χ2n) is 7.10. The number of hydrogen-bond acceptors (Lipinski definition) is 7. The number of carbonyl (C=O) groups excluding carboxylic acids is 2. The number of aryl methyl sites for hydroxylation is 1. The van der Waals surface area contributed by atoms with Crippen LogP contribution in [0.3, 0.4) is 0 Å². The molecule has 2 aliphatic rings. The van der Waals surface area contributed by atoms with Crippen molar-refractivity contribution in [1.29, 1.82) is 0 Å². The molecule has 158 valence electrons. The van der Waals surface area contributed by atoms with Gasteiger partial charge in [0.05, 0.1) is 5.69 Å². The number of benzene rings is 2. The van der Waals surface area contributed by atoms with Crippen LogP contribution in [0.2, 0.25) is 0 Å². The molecule has 5 rings (SSSR count). The number of thiazole rings is 1. The first-order chi connectivity index (χ1) is 15.1. The number of fused-ring (bicyclic) bond motifs is 2. The third-order valence-corrected chi connectivity index (χ3v) is 5.69. The van der Waals surface area contributed by atoms with E-state index in [2.05, 4.69) is 15.6 Å². The van der Waals surface area contributed by atoms with Gasteiger partial charge in [-0.3, -0.25) is 14.9 Å². The molecule has 0 bridgehead atoms. The first kappa shape index (κ1) is 19.4. The summed E-state index contributed by atoms with van der Waals surface area (Å²) in [7, 11) is 0. The summed E-state index contributed by atoms with van der Waals surface area (Å²) in [4.78, 5) is 28.2. The fraction of sp³-hybridized carbons (Fsp3) is 0.227. The minimum absolute atomic E-state index is 0.0135. The van der Waals surface area contributed by atoms with E-state index in [1.807, 2.05) is 29.6 Å². The highest BCUT2D eigenvalue weighted by atomic mass is 32.1. The molecule has 3 aromatic rings. The summed E-state index contributed by atoms with van der Waals surface area (Å²) in [5.41, 5.74) is 3.43. The second kappa shape index (κ2) is 8.27. The Morgan fingerprint density at radius 2 is 2.00 bits per heavy atom. The Balaban J connectivity index is 1.19. The number of rotatable bonds is 5. The van der Waals surface area contributed by atoms with Crippen molar-refractivity contribution in [2.24, 2.45) is 0 Å². The minimum Gasteiger partial charge on any atom is -0.486 e. The number of nitrogens with zero attached hydrogens (tertiary/aromatic N) is 1. The summed E-state index contributed by atoms with van der Waals surface area (Å²) in [6, 6.07) is 11.0. The Labute approximate surface area is 182 Å². The van der Waals surface area contributed by atoms with Crippen LogP contribution >= 0.6 is 11.3 Å². The van der Waals surface area contributed by atoms with E-state index in [9.17, 15) is 9.59 Å². The number of ether oxygens (including phenoxy) is 3. The lowest BCUT2D eigenvalue weighted by atomic mass is 10.0. The lowest BCUT2D eigenvalue weighted by Gasteiger charge is -2.18. The molecule has 0 spiro atoms. The Kier molecular flexibility index (Phi) is 5.17. The molecule has 0 saturated carbocycles. The number of hydrogen-bond donors (Lipinski definition) is 2. The van der Waals surface area contributed by atoms with E-state index in [1.165, 1.54) is 11.3 Å². The molecule has 2 amide bonds. The van der Waals surface area contributed by atoms with Crippen LogP contribution in [0, 0.1) is 0 Å². The van der Waals surface area contributed by atoms with Gasteiger partial charge in [0, 0.05) is 23.1 Å². The van der Waals surface area contributed by atoms with Gasteiger partial charge >= 0.3 is 0 Å². The van der Waals surface area contributed by atoms with Crippen molar-refractivity contribution in [2.45, 2.75) is 12.8 Å². The van der Waals surface area contributed by atoms with Gasteiger partial charge in [0.2, 0.25) is 5.91 Å². The fourth-order valence-electron chi connectivity index (χ4n) is 3.42. The Hall–Kier alpha value is -3.59. The van der Waals surface area contributed by atoms with Crippen molar-refractivity contribution in [3.63, 3.8) is 0 Å². The summed E-state index contributed by atoms with van der Waals surface area (Å²) >= 11 is 1.34. The molecule has 8 nitrogen and oxygen atoms in total. The zero-order chi connectivity index (χ0) is 21.2. The van der Waals surface area contributed by atoms with E-state index in [4.69, 9.17) is 14.2 Å². The van der Waals surface area contributed by atoms with Crippen molar-refractivity contribution in [1.82, 2.24) is 4.98 Å². The summed E-state index contributed by atoms with van der Waals surface area (Å²) < 4.78 is 16.8. The van der Waals surface area contributed by atoms with Crippen LogP contribution in [-0.4, -0.2) is 36.6 Å². The predicted molar refractivity (Wildman–Crippen MR) is 116 cm³/mol. The van der Waals surface area contributed by atoms with Crippen LogP contribution in [0.5, 0.6) is 17.2 Å². The van der Waals surface area contributed by atoms with Crippen LogP contribution < -0.4 is 24.8 Å². The van der Waals surface area contributed by atoms with Gasteiger partial charge in [-0.2, -0.15) is 0 Å². The lowest BCUT2D eigenvalue weighted by Crippen LogP contribution is -2.21. The molecular formula is C22H19N3O5S. The van der Waals surface area contributed by atoms with Gasteiger partial charge in [-0.05, 0) is 48.4 Å². The predicted octanol–water partition coefficient (Wildman–Crippen LogP) is 3.48. The van der Waals surface area contributed by atoms with Gasteiger partial charge in [0.1, 0.15) is 19.0 Å². The molecule has 0 unspecified atom stereocenters.